The number of methoxy groups -OCH3 is 1. The maximum atomic E-state index is 11.7. The van der Waals surface area contributed by atoms with Crippen molar-refractivity contribution in [2.75, 3.05) is 7.11 Å². The van der Waals surface area contributed by atoms with Crippen LogP contribution < -0.4 is 5.32 Å². The van der Waals surface area contributed by atoms with E-state index < -0.39 is 6.04 Å². The number of aromatic hydroxyl groups is 1. The first kappa shape index (κ1) is 15.8. The van der Waals surface area contributed by atoms with E-state index in [0.29, 0.717) is 17.1 Å². The molecular formula is C14H20ClNO3. The molecule has 0 aliphatic heterocycles. The lowest BCUT2D eigenvalue weighted by atomic mass is 9.99. The van der Waals surface area contributed by atoms with Crippen LogP contribution >= 0.6 is 11.6 Å². The number of phenolic OH excluding ortho intramolecular Hbond substituents is 1. The Morgan fingerprint density at radius 2 is 2.21 bits per heavy atom. The quantitative estimate of drug-likeness (QED) is 0.789. The SMILES string of the molecule is CCC(C)C(NCc1c(O)cccc1Cl)C(=O)OC. The van der Waals surface area contributed by atoms with Crippen LogP contribution in [0.1, 0.15) is 25.8 Å². The van der Waals surface area contributed by atoms with Gasteiger partial charge in [-0.3, -0.25) is 10.1 Å². The van der Waals surface area contributed by atoms with E-state index in [2.05, 4.69) is 5.32 Å². The summed E-state index contributed by atoms with van der Waals surface area (Å²) in [5, 5.41) is 13.3. The Morgan fingerprint density at radius 3 is 2.74 bits per heavy atom. The molecule has 0 radical (unpaired) electrons. The fourth-order valence-electron chi connectivity index (χ4n) is 1.81. The van der Waals surface area contributed by atoms with Crippen LogP contribution in [0.25, 0.3) is 0 Å². The molecule has 1 aromatic carbocycles. The van der Waals surface area contributed by atoms with Gasteiger partial charge >= 0.3 is 5.97 Å². The van der Waals surface area contributed by atoms with E-state index in [-0.39, 0.29) is 17.6 Å². The smallest absolute Gasteiger partial charge is 0.323 e. The summed E-state index contributed by atoms with van der Waals surface area (Å²) in [6.07, 6.45) is 0.848. The van der Waals surface area contributed by atoms with E-state index >= 15 is 0 Å². The normalized spacial score (nSPS) is 13.9. The highest BCUT2D eigenvalue weighted by molar-refractivity contribution is 6.31. The minimum Gasteiger partial charge on any atom is -0.508 e. The predicted octanol–water partition coefficient (Wildman–Crippen LogP) is 2.72. The van der Waals surface area contributed by atoms with Gasteiger partial charge in [0.1, 0.15) is 11.8 Å². The first-order valence-corrected chi connectivity index (χ1v) is 6.66. The molecule has 0 spiro atoms. The van der Waals surface area contributed by atoms with Crippen LogP contribution in [-0.2, 0) is 16.1 Å². The molecule has 0 amide bonds. The summed E-state index contributed by atoms with van der Waals surface area (Å²) >= 11 is 6.02. The number of benzene rings is 1. The number of hydrogen-bond acceptors (Lipinski definition) is 4. The Balaban J connectivity index is 2.79. The molecule has 4 nitrogen and oxygen atoms in total. The number of esters is 1. The van der Waals surface area contributed by atoms with Gasteiger partial charge < -0.3 is 9.84 Å². The summed E-state index contributed by atoms with van der Waals surface area (Å²) in [6, 6.07) is 4.53. The third-order valence-electron chi connectivity index (χ3n) is 3.26. The van der Waals surface area contributed by atoms with Crippen LogP contribution in [0.15, 0.2) is 18.2 Å². The van der Waals surface area contributed by atoms with Crippen molar-refractivity contribution in [2.45, 2.75) is 32.9 Å². The third-order valence-corrected chi connectivity index (χ3v) is 3.62. The molecule has 2 unspecified atom stereocenters. The number of ether oxygens (including phenoxy) is 1. The van der Waals surface area contributed by atoms with Gasteiger partial charge in [-0.1, -0.05) is 37.9 Å². The van der Waals surface area contributed by atoms with Crippen LogP contribution in [0, 0.1) is 5.92 Å². The Morgan fingerprint density at radius 1 is 1.53 bits per heavy atom. The molecule has 0 heterocycles. The number of rotatable bonds is 6. The number of phenols is 1. The molecule has 0 saturated carbocycles. The zero-order valence-electron chi connectivity index (χ0n) is 11.4. The summed E-state index contributed by atoms with van der Waals surface area (Å²) in [6.45, 7) is 4.30. The lowest BCUT2D eigenvalue weighted by Crippen LogP contribution is -2.42. The second-order valence-electron chi connectivity index (χ2n) is 4.50. The molecular weight excluding hydrogens is 266 g/mol. The topological polar surface area (TPSA) is 58.6 Å². The van der Waals surface area contributed by atoms with Gasteiger partial charge in [0.05, 0.1) is 7.11 Å². The minimum absolute atomic E-state index is 0.118. The molecule has 0 aliphatic carbocycles. The monoisotopic (exact) mass is 285 g/mol. The highest BCUT2D eigenvalue weighted by atomic mass is 35.5. The van der Waals surface area contributed by atoms with Crippen LogP contribution in [0.2, 0.25) is 5.02 Å². The Labute approximate surface area is 118 Å². The molecule has 5 heteroatoms. The van der Waals surface area contributed by atoms with Gasteiger partial charge in [0, 0.05) is 17.1 Å². The first-order chi connectivity index (χ1) is 9.01. The van der Waals surface area contributed by atoms with Crippen molar-refractivity contribution < 1.29 is 14.6 Å². The van der Waals surface area contributed by atoms with Gasteiger partial charge in [-0.15, -0.1) is 0 Å². The van der Waals surface area contributed by atoms with Crippen molar-refractivity contribution in [2.24, 2.45) is 5.92 Å². The predicted molar refractivity (Wildman–Crippen MR) is 75.2 cm³/mol. The fourth-order valence-corrected chi connectivity index (χ4v) is 2.05. The number of carbonyl (C=O) groups is 1. The zero-order valence-corrected chi connectivity index (χ0v) is 12.2. The van der Waals surface area contributed by atoms with E-state index in [4.69, 9.17) is 16.3 Å². The van der Waals surface area contributed by atoms with Crippen molar-refractivity contribution in [1.82, 2.24) is 5.32 Å². The maximum absolute atomic E-state index is 11.7. The lowest BCUT2D eigenvalue weighted by molar-refractivity contribution is -0.144. The molecule has 0 fully saturated rings. The van der Waals surface area contributed by atoms with Crippen molar-refractivity contribution in [1.29, 1.82) is 0 Å². The van der Waals surface area contributed by atoms with Gasteiger partial charge in [0.2, 0.25) is 0 Å². The molecule has 106 valence electrons. The average molecular weight is 286 g/mol. The second kappa shape index (κ2) is 7.36. The molecule has 0 aromatic heterocycles. The van der Waals surface area contributed by atoms with Crippen molar-refractivity contribution >= 4 is 17.6 Å². The number of halogens is 1. The van der Waals surface area contributed by atoms with Gasteiger partial charge in [0.15, 0.2) is 0 Å². The molecule has 0 aliphatic rings. The highest BCUT2D eigenvalue weighted by Gasteiger charge is 2.24. The number of carbonyl (C=O) groups excluding carboxylic acids is 1. The molecule has 2 N–H and O–H groups in total. The molecule has 1 rings (SSSR count). The standard InChI is InChI=1S/C14H20ClNO3/c1-4-9(2)13(14(18)19-3)16-8-10-11(15)6-5-7-12(10)17/h5-7,9,13,16-17H,4,8H2,1-3H3. The summed E-state index contributed by atoms with van der Waals surface area (Å²) < 4.78 is 4.79. The molecule has 0 saturated heterocycles. The average Bonchev–Trinajstić information content (AvgIpc) is 2.40. The van der Waals surface area contributed by atoms with Crippen LogP contribution in [0.5, 0.6) is 5.75 Å². The van der Waals surface area contributed by atoms with Gasteiger partial charge in [-0.2, -0.15) is 0 Å². The largest absolute Gasteiger partial charge is 0.508 e. The van der Waals surface area contributed by atoms with Crippen LogP contribution in [-0.4, -0.2) is 24.2 Å². The molecule has 19 heavy (non-hydrogen) atoms. The van der Waals surface area contributed by atoms with E-state index in [9.17, 15) is 9.90 Å². The van der Waals surface area contributed by atoms with Gasteiger partial charge in [-0.05, 0) is 18.1 Å². The number of hydrogen-bond donors (Lipinski definition) is 2. The van der Waals surface area contributed by atoms with E-state index in [1.54, 1.807) is 18.2 Å². The molecule has 0 bridgehead atoms. The van der Waals surface area contributed by atoms with Crippen LogP contribution in [0.3, 0.4) is 0 Å². The molecule has 2 atom stereocenters. The Kier molecular flexibility index (Phi) is 6.12. The highest BCUT2D eigenvalue weighted by Crippen LogP contribution is 2.25. The Hall–Kier alpha value is -1.26. The van der Waals surface area contributed by atoms with E-state index in [0.717, 1.165) is 6.42 Å². The van der Waals surface area contributed by atoms with Gasteiger partial charge in [0.25, 0.3) is 0 Å². The first-order valence-electron chi connectivity index (χ1n) is 6.28. The second-order valence-corrected chi connectivity index (χ2v) is 4.91. The minimum atomic E-state index is -0.411. The van der Waals surface area contributed by atoms with E-state index in [1.807, 2.05) is 13.8 Å². The van der Waals surface area contributed by atoms with Crippen molar-refractivity contribution in [3.05, 3.63) is 28.8 Å². The summed E-state index contributed by atoms with van der Waals surface area (Å²) in [7, 11) is 1.37. The van der Waals surface area contributed by atoms with Crippen molar-refractivity contribution in [3.8, 4) is 5.75 Å². The number of nitrogens with one attached hydrogen (secondary N) is 1. The fraction of sp³-hybridized carbons (Fsp3) is 0.500. The van der Waals surface area contributed by atoms with Gasteiger partial charge in [-0.25, -0.2) is 0 Å². The Bertz CT molecular complexity index is 416. The maximum Gasteiger partial charge on any atom is 0.323 e. The zero-order chi connectivity index (χ0) is 14.4. The van der Waals surface area contributed by atoms with Crippen LogP contribution in [0.4, 0.5) is 0 Å². The lowest BCUT2D eigenvalue weighted by Gasteiger charge is -2.22. The van der Waals surface area contributed by atoms with E-state index in [1.165, 1.54) is 7.11 Å². The molecule has 1 aromatic rings. The third kappa shape index (κ3) is 4.11. The summed E-state index contributed by atoms with van der Waals surface area (Å²) in [5.41, 5.74) is 0.585. The van der Waals surface area contributed by atoms with Crippen molar-refractivity contribution in [3.63, 3.8) is 0 Å². The summed E-state index contributed by atoms with van der Waals surface area (Å²) in [4.78, 5) is 11.7. The summed E-state index contributed by atoms with van der Waals surface area (Å²) in [5.74, 6) is -0.0502.